The molecule has 2 aromatic carbocycles. The standard InChI is InChI=1S/C20H19ClO2S/c1-20(2,3)14-4-9-18-17(11-14)13(12-23-18)10-19(22)24-16-7-5-15(21)6-8-16/h4-9,11-12H,10H2,1-3H3. The third-order valence-electron chi connectivity index (χ3n) is 3.90. The highest BCUT2D eigenvalue weighted by molar-refractivity contribution is 8.13. The molecule has 124 valence electrons. The number of carbonyl (C=O) groups is 1. The van der Waals surface area contributed by atoms with Crippen molar-refractivity contribution in [1.29, 1.82) is 0 Å². The summed E-state index contributed by atoms with van der Waals surface area (Å²) in [4.78, 5) is 13.3. The minimum absolute atomic E-state index is 0.0603. The van der Waals surface area contributed by atoms with Crippen LogP contribution in [-0.2, 0) is 16.6 Å². The number of hydrogen-bond donors (Lipinski definition) is 0. The van der Waals surface area contributed by atoms with Gasteiger partial charge in [0.15, 0.2) is 5.12 Å². The van der Waals surface area contributed by atoms with Crippen LogP contribution < -0.4 is 0 Å². The molecule has 0 unspecified atom stereocenters. The predicted octanol–water partition coefficient (Wildman–Crippen LogP) is 6.25. The van der Waals surface area contributed by atoms with E-state index in [0.717, 1.165) is 21.4 Å². The summed E-state index contributed by atoms with van der Waals surface area (Å²) < 4.78 is 5.60. The Labute approximate surface area is 151 Å². The van der Waals surface area contributed by atoms with Crippen molar-refractivity contribution in [1.82, 2.24) is 0 Å². The first-order chi connectivity index (χ1) is 11.3. The van der Waals surface area contributed by atoms with Crippen molar-refractivity contribution in [3.63, 3.8) is 0 Å². The second-order valence-corrected chi connectivity index (χ2v) is 8.39. The monoisotopic (exact) mass is 358 g/mol. The van der Waals surface area contributed by atoms with Crippen LogP contribution in [0.3, 0.4) is 0 Å². The fourth-order valence-corrected chi connectivity index (χ4v) is 3.40. The van der Waals surface area contributed by atoms with Crippen LogP contribution in [0.2, 0.25) is 5.02 Å². The molecule has 0 radical (unpaired) electrons. The quantitative estimate of drug-likeness (QED) is 0.519. The van der Waals surface area contributed by atoms with Gasteiger partial charge in [0.05, 0.1) is 6.26 Å². The summed E-state index contributed by atoms with van der Waals surface area (Å²) >= 11 is 7.10. The van der Waals surface area contributed by atoms with E-state index in [1.54, 1.807) is 18.4 Å². The molecule has 0 aliphatic carbocycles. The van der Waals surface area contributed by atoms with Crippen molar-refractivity contribution >= 4 is 39.4 Å². The van der Waals surface area contributed by atoms with E-state index in [-0.39, 0.29) is 10.5 Å². The van der Waals surface area contributed by atoms with Gasteiger partial charge in [0, 0.05) is 27.3 Å². The lowest BCUT2D eigenvalue weighted by Crippen LogP contribution is -2.10. The lowest BCUT2D eigenvalue weighted by Gasteiger charge is -2.18. The number of rotatable bonds is 3. The van der Waals surface area contributed by atoms with E-state index in [2.05, 4.69) is 32.9 Å². The zero-order chi connectivity index (χ0) is 17.3. The number of thioether (sulfide) groups is 1. The number of halogens is 1. The van der Waals surface area contributed by atoms with Crippen LogP contribution in [-0.4, -0.2) is 5.12 Å². The van der Waals surface area contributed by atoms with Gasteiger partial charge in [-0.05, 0) is 47.4 Å². The molecular weight excluding hydrogens is 340 g/mol. The molecule has 0 spiro atoms. The minimum Gasteiger partial charge on any atom is -0.464 e. The highest BCUT2D eigenvalue weighted by Crippen LogP contribution is 2.30. The summed E-state index contributed by atoms with van der Waals surface area (Å²) in [5, 5.41) is 1.77. The summed E-state index contributed by atoms with van der Waals surface area (Å²) in [5.74, 6) is 0. The smallest absolute Gasteiger partial charge is 0.198 e. The number of benzene rings is 2. The summed E-state index contributed by atoms with van der Waals surface area (Å²) in [5.41, 5.74) is 3.05. The second kappa shape index (κ2) is 6.66. The lowest BCUT2D eigenvalue weighted by atomic mass is 9.86. The highest BCUT2D eigenvalue weighted by Gasteiger charge is 2.17. The minimum atomic E-state index is 0.0603. The Morgan fingerprint density at radius 1 is 1.12 bits per heavy atom. The van der Waals surface area contributed by atoms with E-state index in [4.69, 9.17) is 16.0 Å². The topological polar surface area (TPSA) is 30.2 Å². The maximum absolute atomic E-state index is 12.4. The molecule has 2 nitrogen and oxygen atoms in total. The highest BCUT2D eigenvalue weighted by atomic mass is 35.5. The molecule has 4 heteroatoms. The van der Waals surface area contributed by atoms with Gasteiger partial charge in [-0.15, -0.1) is 0 Å². The van der Waals surface area contributed by atoms with Gasteiger partial charge in [-0.2, -0.15) is 0 Å². The van der Waals surface area contributed by atoms with Gasteiger partial charge >= 0.3 is 0 Å². The zero-order valence-corrected chi connectivity index (χ0v) is 15.5. The summed E-state index contributed by atoms with van der Waals surface area (Å²) in [7, 11) is 0. The SMILES string of the molecule is CC(C)(C)c1ccc2occ(CC(=O)Sc3ccc(Cl)cc3)c2c1. The summed E-state index contributed by atoms with van der Waals surface area (Å²) in [6.45, 7) is 6.53. The Morgan fingerprint density at radius 2 is 1.83 bits per heavy atom. The predicted molar refractivity (Wildman–Crippen MR) is 101 cm³/mol. The first-order valence-electron chi connectivity index (χ1n) is 7.80. The molecule has 0 bridgehead atoms. The van der Waals surface area contributed by atoms with Gasteiger partial charge < -0.3 is 4.42 Å². The zero-order valence-electron chi connectivity index (χ0n) is 13.9. The van der Waals surface area contributed by atoms with Gasteiger partial charge in [-0.3, -0.25) is 4.79 Å². The van der Waals surface area contributed by atoms with Crippen molar-refractivity contribution < 1.29 is 9.21 Å². The Balaban J connectivity index is 1.81. The molecular formula is C20H19ClO2S. The maximum Gasteiger partial charge on any atom is 0.198 e. The van der Waals surface area contributed by atoms with Crippen molar-refractivity contribution in [3.05, 3.63) is 64.9 Å². The first kappa shape index (κ1) is 17.1. The van der Waals surface area contributed by atoms with Crippen LogP contribution in [0, 0.1) is 0 Å². The molecule has 0 N–H and O–H groups in total. The normalized spacial score (nSPS) is 11.8. The average Bonchev–Trinajstić information content (AvgIpc) is 2.91. The van der Waals surface area contributed by atoms with E-state index in [1.165, 1.54) is 17.3 Å². The molecule has 24 heavy (non-hydrogen) atoms. The third-order valence-corrected chi connectivity index (χ3v) is 5.03. The lowest BCUT2D eigenvalue weighted by molar-refractivity contribution is -0.110. The molecule has 0 amide bonds. The van der Waals surface area contributed by atoms with Crippen molar-refractivity contribution in [2.75, 3.05) is 0 Å². The van der Waals surface area contributed by atoms with Gasteiger partial charge in [-0.1, -0.05) is 50.2 Å². The molecule has 0 fully saturated rings. The van der Waals surface area contributed by atoms with Crippen LogP contribution >= 0.6 is 23.4 Å². The van der Waals surface area contributed by atoms with Crippen molar-refractivity contribution in [2.24, 2.45) is 0 Å². The van der Waals surface area contributed by atoms with E-state index < -0.39 is 0 Å². The molecule has 0 aliphatic heterocycles. The van der Waals surface area contributed by atoms with E-state index in [9.17, 15) is 4.79 Å². The van der Waals surface area contributed by atoms with E-state index in [1.807, 2.05) is 18.2 Å². The van der Waals surface area contributed by atoms with E-state index in [0.29, 0.717) is 11.4 Å². The van der Waals surface area contributed by atoms with Gasteiger partial charge in [-0.25, -0.2) is 0 Å². The molecule has 0 aliphatic rings. The largest absolute Gasteiger partial charge is 0.464 e. The third kappa shape index (κ3) is 3.85. The Morgan fingerprint density at radius 3 is 2.50 bits per heavy atom. The van der Waals surface area contributed by atoms with Gasteiger partial charge in [0.25, 0.3) is 0 Å². The molecule has 1 heterocycles. The van der Waals surface area contributed by atoms with Gasteiger partial charge in [0.1, 0.15) is 5.58 Å². The first-order valence-corrected chi connectivity index (χ1v) is 8.99. The van der Waals surface area contributed by atoms with Crippen LogP contribution in [0.15, 0.2) is 58.0 Å². The summed E-state index contributed by atoms with van der Waals surface area (Å²) in [6.07, 6.45) is 2.03. The molecule has 3 aromatic rings. The van der Waals surface area contributed by atoms with Crippen LogP contribution in [0.4, 0.5) is 0 Å². The van der Waals surface area contributed by atoms with E-state index >= 15 is 0 Å². The summed E-state index contributed by atoms with van der Waals surface area (Å²) in [6, 6.07) is 13.5. The Hall–Kier alpha value is -1.71. The average molecular weight is 359 g/mol. The van der Waals surface area contributed by atoms with Gasteiger partial charge in [0.2, 0.25) is 0 Å². The fraction of sp³-hybridized carbons (Fsp3) is 0.250. The molecule has 3 rings (SSSR count). The van der Waals surface area contributed by atoms with Crippen LogP contribution in [0.1, 0.15) is 31.9 Å². The number of carbonyl (C=O) groups excluding carboxylic acids is 1. The number of hydrogen-bond acceptors (Lipinski definition) is 3. The molecule has 0 atom stereocenters. The van der Waals surface area contributed by atoms with Crippen LogP contribution in [0.5, 0.6) is 0 Å². The van der Waals surface area contributed by atoms with Crippen molar-refractivity contribution in [3.8, 4) is 0 Å². The maximum atomic E-state index is 12.4. The Kier molecular flexibility index (Phi) is 4.75. The molecule has 0 saturated heterocycles. The second-order valence-electron chi connectivity index (χ2n) is 6.83. The number of furan rings is 1. The van der Waals surface area contributed by atoms with Crippen molar-refractivity contribution in [2.45, 2.75) is 37.5 Å². The molecule has 0 saturated carbocycles. The fourth-order valence-electron chi connectivity index (χ4n) is 2.51. The number of fused-ring (bicyclic) bond motifs is 1. The Bertz CT molecular complexity index is 873. The molecule has 1 aromatic heterocycles. The van der Waals surface area contributed by atoms with Crippen LogP contribution in [0.25, 0.3) is 11.0 Å².